The van der Waals surface area contributed by atoms with Gasteiger partial charge in [-0.1, -0.05) is 36.4 Å². The first-order chi connectivity index (χ1) is 8.76. The lowest BCUT2D eigenvalue weighted by Gasteiger charge is -2.21. The fourth-order valence-electron chi connectivity index (χ4n) is 2.65. The predicted molar refractivity (Wildman–Crippen MR) is 78.2 cm³/mol. The van der Waals surface area contributed by atoms with Gasteiger partial charge < -0.3 is 4.90 Å². The molecule has 0 saturated carbocycles. The molecule has 1 aromatic rings. The van der Waals surface area contributed by atoms with Gasteiger partial charge in [0.05, 0.1) is 0 Å². The third-order valence-electron chi connectivity index (χ3n) is 3.76. The van der Waals surface area contributed by atoms with Crippen molar-refractivity contribution in [1.82, 2.24) is 4.90 Å². The Bertz CT molecular complexity index is 445. The van der Waals surface area contributed by atoms with Crippen LogP contribution in [0.5, 0.6) is 0 Å². The molecule has 1 fully saturated rings. The number of hydrogen-bond donors (Lipinski definition) is 0. The van der Waals surface area contributed by atoms with E-state index in [-0.39, 0.29) is 0 Å². The van der Waals surface area contributed by atoms with Crippen molar-refractivity contribution >= 4 is 5.84 Å². The molecule has 1 saturated heterocycles. The van der Waals surface area contributed by atoms with Crippen LogP contribution in [0, 0.1) is 0 Å². The number of allylic oxidation sites excluding steroid dienone is 1. The SMILES string of the molecule is CC=C(C)C(=NC)N1CCC(c2ccccc2)C1. The van der Waals surface area contributed by atoms with Crippen molar-refractivity contribution in [3.05, 3.63) is 47.5 Å². The second-order valence-corrected chi connectivity index (χ2v) is 4.86. The van der Waals surface area contributed by atoms with E-state index in [4.69, 9.17) is 0 Å². The minimum Gasteiger partial charge on any atom is -0.356 e. The Hall–Kier alpha value is -1.57. The highest BCUT2D eigenvalue weighted by Gasteiger charge is 2.26. The van der Waals surface area contributed by atoms with E-state index in [1.807, 2.05) is 7.05 Å². The molecule has 1 aliphatic heterocycles. The highest BCUT2D eigenvalue weighted by molar-refractivity contribution is 5.97. The number of likely N-dealkylation sites (tertiary alicyclic amines) is 1. The summed E-state index contributed by atoms with van der Waals surface area (Å²) in [6.45, 7) is 6.41. The molecular formula is C16H22N2. The summed E-state index contributed by atoms with van der Waals surface area (Å²) in [5.41, 5.74) is 2.72. The summed E-state index contributed by atoms with van der Waals surface area (Å²) in [5, 5.41) is 0. The number of rotatable bonds is 2. The maximum Gasteiger partial charge on any atom is 0.125 e. The van der Waals surface area contributed by atoms with Gasteiger partial charge >= 0.3 is 0 Å². The molecule has 1 heterocycles. The normalized spacial score (nSPS) is 21.5. The fraction of sp³-hybridized carbons (Fsp3) is 0.438. The molecule has 1 aromatic carbocycles. The number of hydrogen-bond acceptors (Lipinski definition) is 1. The van der Waals surface area contributed by atoms with E-state index < -0.39 is 0 Å². The Labute approximate surface area is 110 Å². The van der Waals surface area contributed by atoms with Gasteiger partial charge in [-0.05, 0) is 31.4 Å². The zero-order chi connectivity index (χ0) is 13.0. The molecule has 2 rings (SSSR count). The molecule has 0 bridgehead atoms. The van der Waals surface area contributed by atoms with Crippen LogP contribution in [0.15, 0.2) is 47.0 Å². The van der Waals surface area contributed by atoms with Crippen LogP contribution in [0.3, 0.4) is 0 Å². The maximum atomic E-state index is 4.44. The zero-order valence-corrected chi connectivity index (χ0v) is 11.6. The molecule has 1 aliphatic rings. The van der Waals surface area contributed by atoms with Gasteiger partial charge in [-0.25, -0.2) is 0 Å². The minimum absolute atomic E-state index is 0.646. The van der Waals surface area contributed by atoms with Crippen molar-refractivity contribution in [2.45, 2.75) is 26.2 Å². The van der Waals surface area contributed by atoms with E-state index in [2.05, 4.69) is 60.1 Å². The van der Waals surface area contributed by atoms with Gasteiger partial charge in [-0.15, -0.1) is 0 Å². The van der Waals surface area contributed by atoms with Crippen LogP contribution in [-0.4, -0.2) is 30.9 Å². The van der Waals surface area contributed by atoms with Gasteiger partial charge in [-0.2, -0.15) is 0 Å². The van der Waals surface area contributed by atoms with E-state index in [1.165, 1.54) is 17.6 Å². The van der Waals surface area contributed by atoms with E-state index >= 15 is 0 Å². The largest absolute Gasteiger partial charge is 0.356 e. The summed E-state index contributed by atoms with van der Waals surface area (Å²) >= 11 is 0. The van der Waals surface area contributed by atoms with Crippen molar-refractivity contribution in [3.63, 3.8) is 0 Å². The topological polar surface area (TPSA) is 15.6 Å². The molecule has 2 heteroatoms. The number of benzene rings is 1. The first kappa shape index (κ1) is 12.9. The second kappa shape index (κ2) is 5.85. The lowest BCUT2D eigenvalue weighted by atomic mass is 9.99. The fourth-order valence-corrected chi connectivity index (χ4v) is 2.65. The van der Waals surface area contributed by atoms with Crippen LogP contribution in [0.4, 0.5) is 0 Å². The van der Waals surface area contributed by atoms with Crippen LogP contribution in [0.25, 0.3) is 0 Å². The van der Waals surface area contributed by atoms with Gasteiger partial charge in [0, 0.05) is 26.1 Å². The van der Waals surface area contributed by atoms with Crippen molar-refractivity contribution in [2.75, 3.05) is 20.1 Å². The minimum atomic E-state index is 0.646. The molecule has 2 nitrogen and oxygen atoms in total. The van der Waals surface area contributed by atoms with E-state index in [0.717, 1.165) is 18.9 Å². The predicted octanol–water partition coefficient (Wildman–Crippen LogP) is 3.47. The first-order valence-electron chi connectivity index (χ1n) is 6.66. The molecule has 0 aliphatic carbocycles. The van der Waals surface area contributed by atoms with Crippen LogP contribution >= 0.6 is 0 Å². The van der Waals surface area contributed by atoms with Crippen LogP contribution in [-0.2, 0) is 0 Å². The monoisotopic (exact) mass is 242 g/mol. The Morgan fingerprint density at radius 2 is 2.06 bits per heavy atom. The van der Waals surface area contributed by atoms with Gasteiger partial charge in [-0.3, -0.25) is 4.99 Å². The van der Waals surface area contributed by atoms with E-state index in [1.54, 1.807) is 0 Å². The molecule has 0 amide bonds. The van der Waals surface area contributed by atoms with Crippen LogP contribution in [0.2, 0.25) is 0 Å². The summed E-state index contributed by atoms with van der Waals surface area (Å²) in [6.07, 6.45) is 3.36. The molecule has 96 valence electrons. The smallest absolute Gasteiger partial charge is 0.125 e. The average Bonchev–Trinajstić information content (AvgIpc) is 2.90. The van der Waals surface area contributed by atoms with Gasteiger partial charge in [0.2, 0.25) is 0 Å². The summed E-state index contributed by atoms with van der Waals surface area (Å²) in [6, 6.07) is 10.8. The number of amidine groups is 1. The lowest BCUT2D eigenvalue weighted by Crippen LogP contribution is -2.29. The van der Waals surface area contributed by atoms with Gasteiger partial charge in [0.15, 0.2) is 0 Å². The van der Waals surface area contributed by atoms with E-state index in [0.29, 0.717) is 5.92 Å². The quantitative estimate of drug-likeness (QED) is 0.573. The third kappa shape index (κ3) is 2.63. The van der Waals surface area contributed by atoms with Crippen LogP contribution < -0.4 is 0 Å². The highest BCUT2D eigenvalue weighted by atomic mass is 15.2. The molecular weight excluding hydrogens is 220 g/mol. The highest BCUT2D eigenvalue weighted by Crippen LogP contribution is 2.28. The summed E-state index contributed by atoms with van der Waals surface area (Å²) in [4.78, 5) is 6.85. The second-order valence-electron chi connectivity index (χ2n) is 4.86. The zero-order valence-electron chi connectivity index (χ0n) is 11.6. The van der Waals surface area contributed by atoms with Gasteiger partial charge in [0.1, 0.15) is 5.84 Å². The summed E-state index contributed by atoms with van der Waals surface area (Å²) in [7, 11) is 1.89. The Kier molecular flexibility index (Phi) is 4.19. The standard InChI is InChI=1S/C16H22N2/c1-4-13(2)16(17-3)18-11-10-15(12-18)14-8-6-5-7-9-14/h4-9,15H,10-12H2,1-3H3. The molecule has 1 atom stereocenters. The van der Waals surface area contributed by atoms with Crippen molar-refractivity contribution < 1.29 is 0 Å². The summed E-state index contributed by atoms with van der Waals surface area (Å²) in [5.74, 6) is 1.79. The molecule has 18 heavy (non-hydrogen) atoms. The number of aliphatic imine (C=N–C) groups is 1. The van der Waals surface area contributed by atoms with E-state index in [9.17, 15) is 0 Å². The van der Waals surface area contributed by atoms with Crippen molar-refractivity contribution in [1.29, 1.82) is 0 Å². The first-order valence-corrected chi connectivity index (χ1v) is 6.66. The Morgan fingerprint density at radius 1 is 1.33 bits per heavy atom. The van der Waals surface area contributed by atoms with Crippen molar-refractivity contribution in [2.24, 2.45) is 4.99 Å². The molecule has 0 aromatic heterocycles. The lowest BCUT2D eigenvalue weighted by molar-refractivity contribution is 0.509. The average molecular weight is 242 g/mol. The molecule has 0 N–H and O–H groups in total. The van der Waals surface area contributed by atoms with Gasteiger partial charge in [0.25, 0.3) is 0 Å². The molecule has 1 unspecified atom stereocenters. The molecule has 0 spiro atoms. The Balaban J connectivity index is 2.09. The van der Waals surface area contributed by atoms with Crippen LogP contribution in [0.1, 0.15) is 31.7 Å². The maximum absolute atomic E-state index is 4.44. The molecule has 0 radical (unpaired) electrons. The third-order valence-corrected chi connectivity index (χ3v) is 3.76. The number of nitrogens with zero attached hydrogens (tertiary/aromatic N) is 2. The van der Waals surface area contributed by atoms with Crippen molar-refractivity contribution in [3.8, 4) is 0 Å². The Morgan fingerprint density at radius 3 is 2.67 bits per heavy atom. The summed E-state index contributed by atoms with van der Waals surface area (Å²) < 4.78 is 0.